The van der Waals surface area contributed by atoms with E-state index in [1.54, 1.807) is 40.5 Å². The van der Waals surface area contributed by atoms with Crippen molar-refractivity contribution in [2.24, 2.45) is 0 Å². The molecule has 0 saturated carbocycles. The van der Waals surface area contributed by atoms with Crippen LogP contribution >= 0.6 is 11.3 Å². The summed E-state index contributed by atoms with van der Waals surface area (Å²) in [5.74, 6) is -0.0750. The zero-order chi connectivity index (χ0) is 17.1. The predicted molar refractivity (Wildman–Crippen MR) is 90.5 cm³/mol. The van der Waals surface area contributed by atoms with Gasteiger partial charge in [0, 0.05) is 38.7 Å². The van der Waals surface area contributed by atoms with Crippen molar-refractivity contribution in [2.75, 3.05) is 31.1 Å². The van der Waals surface area contributed by atoms with E-state index >= 15 is 0 Å². The lowest BCUT2D eigenvalue weighted by atomic mass is 10.1. The predicted octanol–water partition coefficient (Wildman–Crippen LogP) is 1.73. The average molecular weight is 346 g/mol. The minimum atomic E-state index is -0.402. The summed E-state index contributed by atoms with van der Waals surface area (Å²) in [6, 6.07) is 6.71. The van der Waals surface area contributed by atoms with Gasteiger partial charge in [0.1, 0.15) is 10.8 Å². The molecule has 1 aliphatic heterocycles. The van der Waals surface area contributed by atoms with Crippen LogP contribution in [0.3, 0.4) is 0 Å². The van der Waals surface area contributed by atoms with E-state index in [0.717, 1.165) is 23.2 Å². The number of aryl methyl sites for hydroxylation is 1. The van der Waals surface area contributed by atoms with E-state index in [0.29, 0.717) is 24.4 Å². The molecule has 0 N–H and O–H groups in total. The fourth-order valence-electron chi connectivity index (χ4n) is 2.56. The molecule has 1 amide bonds. The maximum Gasteiger partial charge on any atom is 0.308 e. The van der Waals surface area contributed by atoms with Crippen molar-refractivity contribution in [1.29, 1.82) is 0 Å². The van der Waals surface area contributed by atoms with Gasteiger partial charge in [0.05, 0.1) is 0 Å². The second kappa shape index (κ2) is 6.96. The lowest BCUT2D eigenvalue weighted by Gasteiger charge is -2.34. The van der Waals surface area contributed by atoms with Crippen LogP contribution in [-0.4, -0.2) is 53.2 Å². The molecule has 0 unspecified atom stereocenters. The molecule has 0 radical (unpaired) electrons. The van der Waals surface area contributed by atoms with E-state index in [1.165, 1.54) is 6.92 Å². The third-order valence-corrected chi connectivity index (χ3v) is 4.59. The number of hydrogen-bond acceptors (Lipinski definition) is 7. The van der Waals surface area contributed by atoms with Crippen LogP contribution in [0.5, 0.6) is 5.75 Å². The molecule has 1 aliphatic rings. The zero-order valence-electron chi connectivity index (χ0n) is 13.6. The summed E-state index contributed by atoms with van der Waals surface area (Å²) in [7, 11) is 0. The normalized spacial score (nSPS) is 14.6. The van der Waals surface area contributed by atoms with Crippen LogP contribution in [0.25, 0.3) is 0 Å². The summed E-state index contributed by atoms with van der Waals surface area (Å²) < 4.78 is 5.04. The second-order valence-corrected chi connectivity index (χ2v) is 6.66. The van der Waals surface area contributed by atoms with Crippen LogP contribution < -0.4 is 9.64 Å². The molecule has 0 spiro atoms. The molecule has 1 fully saturated rings. The first kappa shape index (κ1) is 16.4. The maximum atomic E-state index is 12.6. The average Bonchev–Trinajstić information content (AvgIpc) is 3.00. The summed E-state index contributed by atoms with van der Waals surface area (Å²) in [4.78, 5) is 27.6. The summed E-state index contributed by atoms with van der Waals surface area (Å²) in [5, 5.41) is 10.0. The van der Waals surface area contributed by atoms with Crippen LogP contribution in [0.2, 0.25) is 0 Å². The van der Waals surface area contributed by atoms with Gasteiger partial charge in [-0.15, -0.1) is 10.2 Å². The van der Waals surface area contributed by atoms with E-state index < -0.39 is 5.97 Å². The Morgan fingerprint density at radius 2 is 1.92 bits per heavy atom. The number of ether oxygens (including phenoxy) is 1. The van der Waals surface area contributed by atoms with Gasteiger partial charge >= 0.3 is 5.97 Å². The standard InChI is InChI=1S/C16H18N4O3S/c1-11-17-18-16(24-11)20-8-6-19(7-9-20)15(22)13-4-3-5-14(10-13)23-12(2)21/h3-5,10H,6-9H2,1-2H3. The molecule has 2 aromatic rings. The van der Waals surface area contributed by atoms with E-state index in [-0.39, 0.29) is 5.91 Å². The Balaban J connectivity index is 1.63. The molecule has 8 heteroatoms. The molecule has 126 valence electrons. The largest absolute Gasteiger partial charge is 0.427 e. The number of carbonyl (C=O) groups is 2. The van der Waals surface area contributed by atoms with Gasteiger partial charge in [-0.2, -0.15) is 0 Å². The van der Waals surface area contributed by atoms with Gasteiger partial charge in [-0.3, -0.25) is 9.59 Å². The second-order valence-electron chi connectivity index (χ2n) is 5.50. The number of benzene rings is 1. The first-order valence-corrected chi connectivity index (χ1v) is 8.47. The number of nitrogens with zero attached hydrogens (tertiary/aromatic N) is 4. The van der Waals surface area contributed by atoms with Crippen molar-refractivity contribution in [3.63, 3.8) is 0 Å². The summed E-state index contributed by atoms with van der Waals surface area (Å²) >= 11 is 1.56. The number of anilines is 1. The van der Waals surface area contributed by atoms with Crippen molar-refractivity contribution < 1.29 is 14.3 Å². The highest BCUT2D eigenvalue weighted by molar-refractivity contribution is 7.15. The van der Waals surface area contributed by atoms with Crippen molar-refractivity contribution >= 4 is 28.3 Å². The Bertz CT molecular complexity index is 753. The Labute approximate surface area is 143 Å². The molecule has 1 aromatic carbocycles. The molecular formula is C16H18N4O3S. The van der Waals surface area contributed by atoms with Gasteiger partial charge in [-0.1, -0.05) is 17.4 Å². The number of hydrogen-bond donors (Lipinski definition) is 0. The van der Waals surface area contributed by atoms with Gasteiger partial charge < -0.3 is 14.5 Å². The number of rotatable bonds is 3. The van der Waals surface area contributed by atoms with Gasteiger partial charge in [0.25, 0.3) is 5.91 Å². The van der Waals surface area contributed by atoms with E-state index in [4.69, 9.17) is 4.74 Å². The third-order valence-electron chi connectivity index (χ3n) is 3.70. The number of esters is 1. The van der Waals surface area contributed by atoms with Gasteiger partial charge in [-0.05, 0) is 25.1 Å². The number of piperazine rings is 1. The maximum absolute atomic E-state index is 12.6. The lowest BCUT2D eigenvalue weighted by Crippen LogP contribution is -2.48. The van der Waals surface area contributed by atoms with Gasteiger partial charge in [-0.25, -0.2) is 0 Å². The highest BCUT2D eigenvalue weighted by Crippen LogP contribution is 2.22. The van der Waals surface area contributed by atoms with Crippen LogP contribution in [0, 0.1) is 6.92 Å². The zero-order valence-corrected chi connectivity index (χ0v) is 14.4. The van der Waals surface area contributed by atoms with Gasteiger partial charge in [0.2, 0.25) is 5.13 Å². The molecule has 0 bridgehead atoms. The monoisotopic (exact) mass is 346 g/mol. The Morgan fingerprint density at radius 1 is 1.17 bits per heavy atom. The van der Waals surface area contributed by atoms with Crippen molar-refractivity contribution in [2.45, 2.75) is 13.8 Å². The molecule has 0 atom stereocenters. The SMILES string of the molecule is CC(=O)Oc1cccc(C(=O)N2CCN(c3nnc(C)s3)CC2)c1. The minimum Gasteiger partial charge on any atom is -0.427 e. The smallest absolute Gasteiger partial charge is 0.308 e. The van der Waals surface area contributed by atoms with Crippen molar-refractivity contribution in [3.8, 4) is 5.75 Å². The number of carbonyl (C=O) groups excluding carboxylic acids is 2. The minimum absolute atomic E-state index is 0.0582. The summed E-state index contributed by atoms with van der Waals surface area (Å²) in [6.45, 7) is 5.96. The van der Waals surface area contributed by atoms with E-state index in [1.807, 2.05) is 6.92 Å². The summed E-state index contributed by atoms with van der Waals surface area (Å²) in [5.41, 5.74) is 0.522. The van der Waals surface area contributed by atoms with Crippen LogP contribution in [0.4, 0.5) is 5.13 Å². The quantitative estimate of drug-likeness (QED) is 0.622. The first-order chi connectivity index (χ1) is 11.5. The molecule has 1 aromatic heterocycles. The van der Waals surface area contributed by atoms with E-state index in [9.17, 15) is 9.59 Å². The van der Waals surface area contributed by atoms with Crippen molar-refractivity contribution in [3.05, 3.63) is 34.8 Å². The number of amides is 1. The highest BCUT2D eigenvalue weighted by Gasteiger charge is 2.24. The fraction of sp³-hybridized carbons (Fsp3) is 0.375. The first-order valence-electron chi connectivity index (χ1n) is 7.66. The van der Waals surface area contributed by atoms with Crippen LogP contribution in [-0.2, 0) is 4.79 Å². The van der Waals surface area contributed by atoms with Crippen LogP contribution in [0.1, 0.15) is 22.3 Å². The van der Waals surface area contributed by atoms with E-state index in [2.05, 4.69) is 15.1 Å². The molecular weight excluding hydrogens is 328 g/mol. The summed E-state index contributed by atoms with van der Waals surface area (Å²) in [6.07, 6.45) is 0. The fourth-order valence-corrected chi connectivity index (χ4v) is 3.30. The van der Waals surface area contributed by atoms with Gasteiger partial charge in [0.15, 0.2) is 0 Å². The molecule has 7 nitrogen and oxygen atoms in total. The Hall–Kier alpha value is -2.48. The lowest BCUT2D eigenvalue weighted by molar-refractivity contribution is -0.131. The molecule has 1 saturated heterocycles. The molecule has 0 aliphatic carbocycles. The Kier molecular flexibility index (Phi) is 4.75. The highest BCUT2D eigenvalue weighted by atomic mass is 32.1. The Morgan fingerprint density at radius 3 is 2.54 bits per heavy atom. The van der Waals surface area contributed by atoms with Crippen LogP contribution in [0.15, 0.2) is 24.3 Å². The molecule has 24 heavy (non-hydrogen) atoms. The van der Waals surface area contributed by atoms with Crippen molar-refractivity contribution in [1.82, 2.24) is 15.1 Å². The third kappa shape index (κ3) is 3.70. The molecule has 2 heterocycles. The topological polar surface area (TPSA) is 75.6 Å². The number of aromatic nitrogens is 2. The molecule has 3 rings (SSSR count).